The molecular weight excluding hydrogens is 328 g/mol. The first-order valence-corrected chi connectivity index (χ1v) is 11.9. The Morgan fingerprint density at radius 2 is 1.00 bits per heavy atom. The Morgan fingerprint density at radius 1 is 0.593 bits per heavy atom. The first-order chi connectivity index (χ1) is 13.4. The molecule has 0 bridgehead atoms. The number of benzene rings is 1. The van der Waals surface area contributed by atoms with E-state index >= 15 is 0 Å². The van der Waals surface area contributed by atoms with Gasteiger partial charge in [-0.2, -0.15) is 0 Å². The predicted molar refractivity (Wildman–Crippen MR) is 120 cm³/mol. The van der Waals surface area contributed by atoms with Crippen LogP contribution in [0.5, 0.6) is 5.75 Å². The Hall–Kier alpha value is -0.980. The van der Waals surface area contributed by atoms with Gasteiger partial charge in [-0.25, -0.2) is 0 Å². The lowest BCUT2D eigenvalue weighted by Gasteiger charge is -2.05. The van der Waals surface area contributed by atoms with Gasteiger partial charge in [-0.1, -0.05) is 115 Å². The molecule has 1 aromatic rings. The smallest absolute Gasteiger partial charge is 0.132 e. The summed E-state index contributed by atoms with van der Waals surface area (Å²) >= 11 is 0. The Labute approximate surface area is 170 Å². The molecule has 0 fully saturated rings. The Bertz CT molecular complexity index is 409. The number of ether oxygens (including phenoxy) is 1. The lowest BCUT2D eigenvalue weighted by atomic mass is 10.0. The van der Waals surface area contributed by atoms with E-state index in [1.807, 2.05) is 6.92 Å². The molecule has 0 atom stereocenters. The van der Waals surface area contributed by atoms with Crippen molar-refractivity contribution in [2.24, 2.45) is 0 Å². The number of unbranched alkanes of at least 4 members (excludes halogenated alkanes) is 15. The van der Waals surface area contributed by atoms with E-state index in [0.29, 0.717) is 0 Å². The maximum absolute atomic E-state index is 5.37. The van der Waals surface area contributed by atoms with Crippen molar-refractivity contribution in [2.45, 2.75) is 123 Å². The van der Waals surface area contributed by atoms with Crippen LogP contribution in [0.2, 0.25) is 0 Å². The molecule has 0 spiro atoms. The first kappa shape index (κ1) is 24.1. The van der Waals surface area contributed by atoms with E-state index in [0.717, 1.165) is 5.75 Å². The van der Waals surface area contributed by atoms with Gasteiger partial charge in [0.25, 0.3) is 0 Å². The van der Waals surface area contributed by atoms with Crippen LogP contribution >= 0.6 is 0 Å². The van der Waals surface area contributed by atoms with Crippen molar-refractivity contribution in [3.05, 3.63) is 36.4 Å². The van der Waals surface area contributed by atoms with Crippen molar-refractivity contribution in [3.8, 4) is 5.75 Å². The van der Waals surface area contributed by atoms with Gasteiger partial charge in [0, 0.05) is 0 Å². The van der Waals surface area contributed by atoms with Crippen molar-refractivity contribution in [1.82, 2.24) is 0 Å². The summed E-state index contributed by atoms with van der Waals surface area (Å²) in [6.45, 7) is 5.93. The van der Waals surface area contributed by atoms with Crippen molar-refractivity contribution < 1.29 is 4.74 Å². The fourth-order valence-corrected chi connectivity index (χ4v) is 3.75. The molecule has 0 saturated carbocycles. The Kier molecular flexibility index (Phi) is 16.4. The zero-order valence-electron chi connectivity index (χ0n) is 18.3. The third kappa shape index (κ3) is 14.7. The molecule has 0 amide bonds. The summed E-state index contributed by atoms with van der Waals surface area (Å²) in [6, 6.07) is 8.54. The third-order valence-corrected chi connectivity index (χ3v) is 5.50. The first-order valence-electron chi connectivity index (χ1n) is 11.9. The molecule has 0 aliphatic rings. The summed E-state index contributed by atoms with van der Waals surface area (Å²) in [5.74, 6) is 0.938. The van der Waals surface area contributed by atoms with E-state index in [4.69, 9.17) is 4.74 Å². The normalized spacial score (nSPS) is 11.0. The summed E-state index contributed by atoms with van der Waals surface area (Å²) in [4.78, 5) is 0. The van der Waals surface area contributed by atoms with Crippen LogP contribution in [0.3, 0.4) is 0 Å². The molecule has 1 nitrogen and oxygen atoms in total. The van der Waals surface area contributed by atoms with Crippen LogP contribution in [-0.4, -0.2) is 0 Å². The summed E-state index contributed by atoms with van der Waals surface area (Å²) < 4.78 is 5.37. The van der Waals surface area contributed by atoms with Crippen LogP contribution in [0.4, 0.5) is 0 Å². The van der Waals surface area contributed by atoms with E-state index < -0.39 is 0 Å². The Morgan fingerprint density at radius 3 is 1.41 bits per heavy atom. The van der Waals surface area contributed by atoms with Crippen LogP contribution < -0.4 is 4.74 Å². The molecule has 0 aromatic heterocycles. The zero-order chi connectivity index (χ0) is 19.4. The van der Waals surface area contributed by atoms with Crippen LogP contribution in [0, 0.1) is 6.61 Å². The van der Waals surface area contributed by atoms with E-state index in [1.165, 1.54) is 115 Å². The van der Waals surface area contributed by atoms with Gasteiger partial charge >= 0.3 is 0 Å². The van der Waals surface area contributed by atoms with Crippen molar-refractivity contribution in [2.75, 3.05) is 0 Å². The van der Waals surface area contributed by atoms with Gasteiger partial charge in [-0.05, 0) is 37.5 Å². The number of hydrogen-bond donors (Lipinski definition) is 0. The van der Waals surface area contributed by atoms with E-state index in [9.17, 15) is 0 Å². The fourth-order valence-electron chi connectivity index (χ4n) is 3.75. The summed E-state index contributed by atoms with van der Waals surface area (Å²) in [5, 5.41) is 0. The second kappa shape index (κ2) is 18.4. The maximum atomic E-state index is 5.37. The molecule has 0 aliphatic carbocycles. The molecule has 1 rings (SSSR count). The minimum Gasteiger partial charge on any atom is -0.487 e. The largest absolute Gasteiger partial charge is 0.487 e. The molecule has 0 unspecified atom stereocenters. The topological polar surface area (TPSA) is 9.23 Å². The van der Waals surface area contributed by atoms with Gasteiger partial charge in [0.2, 0.25) is 0 Å². The van der Waals surface area contributed by atoms with Crippen molar-refractivity contribution >= 4 is 0 Å². The molecule has 155 valence electrons. The van der Waals surface area contributed by atoms with Gasteiger partial charge in [0.1, 0.15) is 12.4 Å². The van der Waals surface area contributed by atoms with Gasteiger partial charge < -0.3 is 4.74 Å². The quantitative estimate of drug-likeness (QED) is 0.220. The Balaban J connectivity index is 1.79. The van der Waals surface area contributed by atoms with E-state index in [1.54, 1.807) is 6.61 Å². The second-order valence-electron chi connectivity index (χ2n) is 8.05. The van der Waals surface area contributed by atoms with Gasteiger partial charge in [-0.3, -0.25) is 0 Å². The molecule has 27 heavy (non-hydrogen) atoms. The number of aryl methyl sites for hydroxylation is 1. The van der Waals surface area contributed by atoms with Gasteiger partial charge in [0.15, 0.2) is 0 Å². The monoisotopic (exact) mass is 373 g/mol. The van der Waals surface area contributed by atoms with Crippen molar-refractivity contribution in [1.29, 1.82) is 0 Å². The van der Waals surface area contributed by atoms with Crippen LogP contribution in [-0.2, 0) is 6.42 Å². The molecule has 0 N–H and O–H groups in total. The minimum atomic E-state index is 0.938. The molecule has 0 saturated heterocycles. The van der Waals surface area contributed by atoms with Crippen molar-refractivity contribution in [3.63, 3.8) is 0 Å². The van der Waals surface area contributed by atoms with E-state index in [2.05, 4.69) is 31.2 Å². The highest BCUT2D eigenvalue weighted by molar-refractivity contribution is 5.27. The third-order valence-electron chi connectivity index (χ3n) is 5.50. The fraction of sp³-hybridized carbons (Fsp3) is 0.731. The molecular formula is C26H45O. The average molecular weight is 374 g/mol. The van der Waals surface area contributed by atoms with Gasteiger partial charge in [-0.15, -0.1) is 0 Å². The number of rotatable bonds is 19. The molecule has 1 radical (unpaired) electrons. The molecule has 1 heteroatoms. The summed E-state index contributed by atoms with van der Waals surface area (Å²) in [7, 11) is 0. The average Bonchev–Trinajstić information content (AvgIpc) is 2.69. The highest BCUT2D eigenvalue weighted by atomic mass is 16.5. The minimum absolute atomic E-state index is 0.938. The van der Waals surface area contributed by atoms with E-state index in [-0.39, 0.29) is 0 Å². The van der Waals surface area contributed by atoms with Crippen LogP contribution in [0.25, 0.3) is 0 Å². The lowest BCUT2D eigenvalue weighted by Crippen LogP contribution is -1.89. The molecule has 0 heterocycles. The van der Waals surface area contributed by atoms with Crippen LogP contribution in [0.15, 0.2) is 24.3 Å². The van der Waals surface area contributed by atoms with Crippen LogP contribution in [0.1, 0.15) is 122 Å². The lowest BCUT2D eigenvalue weighted by molar-refractivity contribution is 0.416. The summed E-state index contributed by atoms with van der Waals surface area (Å²) in [5.41, 5.74) is 1.43. The standard InChI is InChI=1S/C26H45O/c1-3-5-6-7-8-9-10-11-12-13-14-15-16-17-18-19-20-25-21-23-26(24-22-25)27-4-2/h4,21-24H,3,5-20H2,1-2H3. The molecule has 1 aromatic carbocycles. The highest BCUT2D eigenvalue weighted by Gasteiger charge is 1.97. The van der Waals surface area contributed by atoms with Gasteiger partial charge in [0.05, 0.1) is 0 Å². The second-order valence-corrected chi connectivity index (χ2v) is 8.05. The maximum Gasteiger partial charge on any atom is 0.132 e. The molecule has 0 aliphatic heterocycles. The SMILES string of the molecule is C[CH]Oc1ccc(CCCCCCCCCCCCCCCCCC)cc1. The highest BCUT2D eigenvalue weighted by Crippen LogP contribution is 2.16. The predicted octanol–water partition coefficient (Wildman–Crippen LogP) is 9.05. The summed E-state index contributed by atoms with van der Waals surface area (Å²) in [6.07, 6.45) is 24.1. The number of hydrogen-bond acceptors (Lipinski definition) is 1. The zero-order valence-corrected chi connectivity index (χ0v) is 18.3.